The van der Waals surface area contributed by atoms with Crippen LogP contribution in [0.3, 0.4) is 0 Å². The third kappa shape index (κ3) is 4.75. The maximum atomic E-state index is 11.8. The number of aliphatic hydroxyl groups is 1. The third-order valence-electron chi connectivity index (χ3n) is 3.52. The van der Waals surface area contributed by atoms with E-state index in [1.807, 2.05) is 0 Å². The monoisotopic (exact) mass is 344 g/mol. The summed E-state index contributed by atoms with van der Waals surface area (Å²) in [5.74, 6) is 0.318. The first-order valence-electron chi connectivity index (χ1n) is 7.58. The highest BCUT2D eigenvalue weighted by atomic mass is 16.5. The van der Waals surface area contributed by atoms with Crippen molar-refractivity contribution in [3.8, 4) is 11.6 Å². The van der Waals surface area contributed by atoms with Crippen molar-refractivity contribution in [2.24, 2.45) is 0 Å². The number of aliphatic hydroxyl groups excluding tert-OH is 1. The molecule has 0 spiro atoms. The molecule has 0 fully saturated rings. The van der Waals surface area contributed by atoms with Gasteiger partial charge >= 0.3 is 7.48 Å². The predicted molar refractivity (Wildman–Crippen MR) is 91.0 cm³/mol. The van der Waals surface area contributed by atoms with E-state index < -0.39 is 0 Å². The lowest BCUT2D eigenvalue weighted by molar-refractivity contribution is 0.0931. The smallest absolute Gasteiger partial charge is 0.327 e. The van der Waals surface area contributed by atoms with Crippen LogP contribution < -0.4 is 15.5 Å². The summed E-state index contributed by atoms with van der Waals surface area (Å²) in [7, 11) is 2.47. The second-order valence-electron chi connectivity index (χ2n) is 5.14. The second-order valence-corrected chi connectivity index (χ2v) is 5.14. The van der Waals surface area contributed by atoms with E-state index in [2.05, 4.69) is 15.3 Å². The third-order valence-corrected chi connectivity index (χ3v) is 3.52. The molecule has 9 heteroatoms. The second kappa shape index (κ2) is 9.12. The Morgan fingerprint density at radius 1 is 1.32 bits per heavy atom. The van der Waals surface area contributed by atoms with Gasteiger partial charge in [0, 0.05) is 13.7 Å². The highest BCUT2D eigenvalue weighted by Crippen LogP contribution is 2.22. The Morgan fingerprint density at radius 2 is 2.12 bits per heavy atom. The molecule has 0 saturated heterocycles. The molecule has 0 saturated carbocycles. The minimum absolute atomic E-state index is 0.167. The number of aromatic nitrogens is 2. The number of nitrogens with zero attached hydrogens (tertiary/aromatic N) is 2. The zero-order valence-electron chi connectivity index (χ0n) is 14.0. The van der Waals surface area contributed by atoms with Crippen molar-refractivity contribution in [1.82, 2.24) is 15.3 Å². The fourth-order valence-corrected chi connectivity index (χ4v) is 2.15. The average molecular weight is 344 g/mol. The number of carbonyl (C=O) groups is 1. The van der Waals surface area contributed by atoms with Crippen molar-refractivity contribution in [1.29, 1.82) is 0 Å². The van der Waals surface area contributed by atoms with Crippen LogP contribution in [0.1, 0.15) is 21.6 Å². The first-order chi connectivity index (χ1) is 12.1. The minimum Gasteiger partial charge on any atom is -0.450 e. The summed E-state index contributed by atoms with van der Waals surface area (Å²) in [6.07, 6.45) is 2.65. The van der Waals surface area contributed by atoms with Crippen LogP contribution in [0.25, 0.3) is 0 Å². The molecule has 0 aliphatic rings. The molecule has 1 heterocycles. The molecule has 1 aromatic carbocycles. The van der Waals surface area contributed by atoms with Crippen molar-refractivity contribution in [2.75, 3.05) is 20.3 Å². The molecule has 25 heavy (non-hydrogen) atoms. The Hall–Kier alpha value is -2.49. The van der Waals surface area contributed by atoms with Crippen molar-refractivity contribution in [2.45, 2.75) is 13.5 Å². The lowest BCUT2D eigenvalue weighted by atomic mass is 9.80. The summed E-state index contributed by atoms with van der Waals surface area (Å²) in [6.45, 7) is 2.35. The lowest BCUT2D eigenvalue weighted by Crippen LogP contribution is -2.27. The van der Waals surface area contributed by atoms with Crippen LogP contribution in [0.4, 0.5) is 0 Å². The predicted octanol–water partition coefficient (Wildman–Crippen LogP) is -0.317. The molecule has 0 aliphatic carbocycles. The number of benzene rings is 1. The van der Waals surface area contributed by atoms with Crippen molar-refractivity contribution < 1.29 is 24.4 Å². The van der Waals surface area contributed by atoms with Crippen LogP contribution in [-0.2, 0) is 11.3 Å². The number of nitrogens with one attached hydrogen (secondary N) is 1. The van der Waals surface area contributed by atoms with Crippen molar-refractivity contribution in [3.63, 3.8) is 0 Å². The molecule has 8 nitrogen and oxygen atoms in total. The van der Waals surface area contributed by atoms with Gasteiger partial charge in [-0.1, -0.05) is 6.07 Å². The van der Waals surface area contributed by atoms with Gasteiger partial charge in [-0.25, -0.2) is 9.97 Å². The molecular formula is C16H19BN3O5. The molecule has 131 valence electrons. The summed E-state index contributed by atoms with van der Waals surface area (Å²) >= 11 is 0. The topological polar surface area (TPSA) is 114 Å². The molecule has 2 rings (SSSR count). The molecule has 0 atom stereocenters. The number of carbonyl (C=O) groups excluding carboxylic acids is 1. The molecule has 1 amide bonds. The molecule has 1 radical (unpaired) electrons. The highest BCUT2D eigenvalue weighted by molar-refractivity contribution is 6.47. The fourth-order valence-electron chi connectivity index (χ4n) is 2.15. The van der Waals surface area contributed by atoms with Crippen LogP contribution >= 0.6 is 0 Å². The van der Waals surface area contributed by atoms with Gasteiger partial charge in [-0.2, -0.15) is 0 Å². The van der Waals surface area contributed by atoms with Gasteiger partial charge in [-0.15, -0.1) is 0 Å². The van der Waals surface area contributed by atoms with E-state index in [9.17, 15) is 14.9 Å². The van der Waals surface area contributed by atoms with Gasteiger partial charge in [0.15, 0.2) is 0 Å². The van der Waals surface area contributed by atoms with Crippen LogP contribution in [0.5, 0.6) is 11.6 Å². The van der Waals surface area contributed by atoms with E-state index in [1.54, 1.807) is 26.2 Å². The molecule has 3 N–H and O–H groups in total. The van der Waals surface area contributed by atoms with E-state index in [4.69, 9.17) is 9.47 Å². The van der Waals surface area contributed by atoms with Crippen LogP contribution in [0.2, 0.25) is 0 Å². The number of hydrogen-bond acceptors (Lipinski definition) is 7. The normalized spacial score (nSPS) is 10.4. The molecule has 0 bridgehead atoms. The number of ether oxygens (including phenoxy) is 2. The van der Waals surface area contributed by atoms with Gasteiger partial charge in [0.2, 0.25) is 5.88 Å². The maximum absolute atomic E-state index is 11.8. The van der Waals surface area contributed by atoms with Gasteiger partial charge < -0.3 is 24.9 Å². The Labute approximate surface area is 146 Å². The highest BCUT2D eigenvalue weighted by Gasteiger charge is 2.13. The summed E-state index contributed by atoms with van der Waals surface area (Å²) < 4.78 is 10.5. The number of amides is 1. The van der Waals surface area contributed by atoms with E-state index in [-0.39, 0.29) is 24.1 Å². The molecule has 0 unspecified atom stereocenters. The standard InChI is InChI=1S/C16H19BN3O5/c1-10-13(4-3-11(9-21)15(10)17-23)25-14-8-19-12(7-20-14)16(22)18-5-6-24-2/h3-4,7-8,21,23H,5-6,9H2,1-2H3,(H,18,22). The Balaban J connectivity index is 2.10. The molecular weight excluding hydrogens is 325 g/mol. The largest absolute Gasteiger partial charge is 0.450 e. The Bertz CT molecular complexity index is 724. The first kappa shape index (κ1) is 18.8. The van der Waals surface area contributed by atoms with E-state index in [0.29, 0.717) is 35.5 Å². The fraction of sp³-hybridized carbons (Fsp3) is 0.312. The average Bonchev–Trinajstić information content (AvgIpc) is 2.63. The van der Waals surface area contributed by atoms with Gasteiger partial charge in [0.25, 0.3) is 5.91 Å². The summed E-state index contributed by atoms with van der Waals surface area (Å²) in [5.41, 5.74) is 1.89. The van der Waals surface area contributed by atoms with Gasteiger partial charge in [-0.3, -0.25) is 4.79 Å². The van der Waals surface area contributed by atoms with Crippen molar-refractivity contribution >= 4 is 18.9 Å². The Morgan fingerprint density at radius 3 is 2.72 bits per heavy atom. The van der Waals surface area contributed by atoms with Gasteiger partial charge in [0.05, 0.1) is 25.6 Å². The molecule has 2 aromatic rings. The maximum Gasteiger partial charge on any atom is 0.327 e. The van der Waals surface area contributed by atoms with Crippen LogP contribution in [-0.4, -0.2) is 53.7 Å². The van der Waals surface area contributed by atoms with Gasteiger partial charge in [-0.05, 0) is 29.6 Å². The summed E-state index contributed by atoms with van der Waals surface area (Å²) in [4.78, 5) is 19.9. The number of hydrogen-bond donors (Lipinski definition) is 3. The molecule has 1 aromatic heterocycles. The van der Waals surface area contributed by atoms with Crippen LogP contribution in [0.15, 0.2) is 24.5 Å². The number of rotatable bonds is 8. The first-order valence-corrected chi connectivity index (χ1v) is 7.58. The summed E-state index contributed by atoms with van der Waals surface area (Å²) in [5, 5.41) is 21.3. The minimum atomic E-state index is -0.350. The summed E-state index contributed by atoms with van der Waals surface area (Å²) in [6, 6.07) is 3.32. The zero-order valence-corrected chi connectivity index (χ0v) is 14.0. The van der Waals surface area contributed by atoms with Crippen LogP contribution in [0, 0.1) is 6.92 Å². The zero-order chi connectivity index (χ0) is 18.2. The van der Waals surface area contributed by atoms with Crippen molar-refractivity contribution in [3.05, 3.63) is 41.3 Å². The SMILES string of the molecule is COCCNC(=O)c1cnc(Oc2ccc(CO)c([B]O)c2C)cn1. The lowest BCUT2D eigenvalue weighted by Gasteiger charge is -2.13. The Kier molecular flexibility index (Phi) is 6.87. The van der Waals surface area contributed by atoms with E-state index >= 15 is 0 Å². The number of methoxy groups -OCH3 is 1. The van der Waals surface area contributed by atoms with Gasteiger partial charge in [0.1, 0.15) is 11.4 Å². The molecule has 0 aliphatic heterocycles. The van der Waals surface area contributed by atoms with E-state index in [0.717, 1.165) is 7.48 Å². The van der Waals surface area contributed by atoms with E-state index in [1.165, 1.54) is 12.4 Å². The quantitative estimate of drug-likeness (QED) is 0.444.